The first-order valence-corrected chi connectivity index (χ1v) is 7.60. The average molecular weight is 306 g/mol. The number of H-pyrrole nitrogens is 1. The molecular weight excluding hydrogens is 288 g/mol. The summed E-state index contributed by atoms with van der Waals surface area (Å²) in [6, 6.07) is 17.6. The second-order valence-corrected chi connectivity index (χ2v) is 5.53. The minimum Gasteiger partial charge on any atom is -0.352 e. The molecule has 3 aromatic rings. The molecule has 1 amide bonds. The molecule has 4 heteroatoms. The van der Waals surface area contributed by atoms with Crippen molar-refractivity contribution >= 4 is 16.7 Å². The lowest BCUT2D eigenvalue weighted by molar-refractivity contribution is 0.0952. The highest BCUT2D eigenvalue weighted by atomic mass is 16.2. The highest BCUT2D eigenvalue weighted by molar-refractivity contribution is 5.93. The number of aromatic nitrogens is 1. The Morgan fingerprint density at radius 3 is 2.65 bits per heavy atom. The number of carbonyl (C=O) groups excluding carboxylic acids is 1. The van der Waals surface area contributed by atoms with Crippen LogP contribution in [0.3, 0.4) is 0 Å². The van der Waals surface area contributed by atoms with Crippen molar-refractivity contribution in [1.82, 2.24) is 10.3 Å². The van der Waals surface area contributed by atoms with Gasteiger partial charge in [0.2, 0.25) is 0 Å². The van der Waals surface area contributed by atoms with E-state index in [0.717, 1.165) is 12.1 Å². The number of amides is 1. The van der Waals surface area contributed by atoms with Gasteiger partial charge in [0.05, 0.1) is 0 Å². The Morgan fingerprint density at radius 2 is 1.83 bits per heavy atom. The Balaban J connectivity index is 1.69. The third-order valence-corrected chi connectivity index (χ3v) is 3.86. The van der Waals surface area contributed by atoms with E-state index in [1.165, 1.54) is 16.3 Å². The van der Waals surface area contributed by atoms with E-state index in [2.05, 4.69) is 34.6 Å². The summed E-state index contributed by atoms with van der Waals surface area (Å²) >= 11 is 0. The highest BCUT2D eigenvalue weighted by Gasteiger charge is 2.09. The maximum Gasteiger partial charge on any atom is 0.260 e. The molecule has 2 N–H and O–H groups in total. The van der Waals surface area contributed by atoms with E-state index in [4.69, 9.17) is 0 Å². The molecule has 2 aromatic carbocycles. The summed E-state index contributed by atoms with van der Waals surface area (Å²) < 4.78 is 0. The molecular formula is C19H18N2O2. The van der Waals surface area contributed by atoms with Crippen molar-refractivity contribution in [2.24, 2.45) is 0 Å². The lowest BCUT2D eigenvalue weighted by Crippen LogP contribution is -2.31. The van der Waals surface area contributed by atoms with Gasteiger partial charge in [-0.2, -0.15) is 0 Å². The van der Waals surface area contributed by atoms with Crippen LogP contribution in [0.1, 0.15) is 21.6 Å². The molecule has 0 fully saturated rings. The van der Waals surface area contributed by atoms with Crippen LogP contribution < -0.4 is 10.9 Å². The number of hydrogen-bond acceptors (Lipinski definition) is 2. The van der Waals surface area contributed by atoms with Crippen LogP contribution in [-0.2, 0) is 6.42 Å². The fourth-order valence-corrected chi connectivity index (χ4v) is 2.67. The first-order valence-electron chi connectivity index (χ1n) is 7.60. The Bertz CT molecular complexity index is 907. The van der Waals surface area contributed by atoms with Crippen LogP contribution in [0, 0.1) is 6.92 Å². The van der Waals surface area contributed by atoms with Crippen LogP contribution in [0.4, 0.5) is 0 Å². The van der Waals surface area contributed by atoms with Gasteiger partial charge in [0.15, 0.2) is 0 Å². The summed E-state index contributed by atoms with van der Waals surface area (Å²) in [6.07, 6.45) is 0.719. The zero-order valence-electron chi connectivity index (χ0n) is 12.9. The van der Waals surface area contributed by atoms with E-state index in [1.54, 1.807) is 19.1 Å². The molecule has 0 unspecified atom stereocenters. The van der Waals surface area contributed by atoms with Crippen molar-refractivity contribution in [1.29, 1.82) is 0 Å². The van der Waals surface area contributed by atoms with Crippen molar-refractivity contribution in [2.75, 3.05) is 6.54 Å². The molecule has 0 aliphatic rings. The molecule has 3 rings (SSSR count). The van der Waals surface area contributed by atoms with Gasteiger partial charge < -0.3 is 10.3 Å². The van der Waals surface area contributed by atoms with Gasteiger partial charge in [-0.3, -0.25) is 9.59 Å². The van der Waals surface area contributed by atoms with Crippen LogP contribution in [0.25, 0.3) is 10.8 Å². The summed E-state index contributed by atoms with van der Waals surface area (Å²) in [5.74, 6) is -0.341. The lowest BCUT2D eigenvalue weighted by atomic mass is 10.0. The van der Waals surface area contributed by atoms with E-state index in [0.29, 0.717) is 6.54 Å². The first kappa shape index (κ1) is 15.0. The SMILES string of the molecule is Cc1ccc(C(=O)NCCc2cccc3ccccc23)c(=O)[nH]1. The van der Waals surface area contributed by atoms with E-state index >= 15 is 0 Å². The molecule has 23 heavy (non-hydrogen) atoms. The molecule has 0 aliphatic carbocycles. The van der Waals surface area contributed by atoms with E-state index in [-0.39, 0.29) is 17.0 Å². The number of hydrogen-bond donors (Lipinski definition) is 2. The summed E-state index contributed by atoms with van der Waals surface area (Å²) in [6.45, 7) is 2.27. The van der Waals surface area contributed by atoms with Crippen molar-refractivity contribution in [3.05, 3.63) is 81.8 Å². The normalized spacial score (nSPS) is 10.7. The molecule has 1 heterocycles. The summed E-state index contributed by atoms with van der Waals surface area (Å²) in [7, 11) is 0. The van der Waals surface area contributed by atoms with Gasteiger partial charge in [0.25, 0.3) is 11.5 Å². The van der Waals surface area contributed by atoms with E-state index in [1.807, 2.05) is 18.2 Å². The van der Waals surface area contributed by atoms with Crippen LogP contribution in [-0.4, -0.2) is 17.4 Å². The van der Waals surface area contributed by atoms with Crippen molar-refractivity contribution in [3.63, 3.8) is 0 Å². The number of carbonyl (C=O) groups is 1. The van der Waals surface area contributed by atoms with Gasteiger partial charge >= 0.3 is 0 Å². The number of benzene rings is 2. The molecule has 4 nitrogen and oxygen atoms in total. The summed E-state index contributed by atoms with van der Waals surface area (Å²) in [4.78, 5) is 26.5. The first-order chi connectivity index (χ1) is 11.1. The van der Waals surface area contributed by atoms with Crippen LogP contribution in [0.2, 0.25) is 0 Å². The van der Waals surface area contributed by atoms with Crippen molar-refractivity contribution in [2.45, 2.75) is 13.3 Å². The van der Waals surface area contributed by atoms with Crippen LogP contribution in [0.5, 0.6) is 0 Å². The zero-order chi connectivity index (χ0) is 16.2. The van der Waals surface area contributed by atoms with E-state index in [9.17, 15) is 9.59 Å². The predicted octanol–water partition coefficient (Wildman–Crippen LogP) is 2.81. The smallest absolute Gasteiger partial charge is 0.260 e. The standard InChI is InChI=1S/C19H18N2O2/c1-13-9-10-17(19(23)21-13)18(22)20-12-11-15-7-4-6-14-5-2-3-8-16(14)15/h2-10H,11-12H2,1H3,(H,20,22)(H,21,23). The second-order valence-electron chi connectivity index (χ2n) is 5.53. The van der Waals surface area contributed by atoms with Gasteiger partial charge in [-0.15, -0.1) is 0 Å². The monoisotopic (exact) mass is 306 g/mol. The quantitative estimate of drug-likeness (QED) is 0.778. The number of aryl methyl sites for hydroxylation is 1. The summed E-state index contributed by atoms with van der Waals surface area (Å²) in [5.41, 5.74) is 1.71. The lowest BCUT2D eigenvalue weighted by Gasteiger charge is -2.08. The fraction of sp³-hybridized carbons (Fsp3) is 0.158. The topological polar surface area (TPSA) is 62.0 Å². The van der Waals surface area contributed by atoms with Gasteiger partial charge in [0, 0.05) is 12.2 Å². The largest absolute Gasteiger partial charge is 0.352 e. The van der Waals surface area contributed by atoms with E-state index < -0.39 is 0 Å². The second kappa shape index (κ2) is 6.48. The van der Waals surface area contributed by atoms with Gasteiger partial charge in [0.1, 0.15) is 5.56 Å². The molecule has 1 aromatic heterocycles. The number of fused-ring (bicyclic) bond motifs is 1. The number of aromatic amines is 1. The predicted molar refractivity (Wildman–Crippen MR) is 91.8 cm³/mol. The molecule has 0 saturated heterocycles. The highest BCUT2D eigenvalue weighted by Crippen LogP contribution is 2.18. The number of nitrogens with one attached hydrogen (secondary N) is 2. The Kier molecular flexibility index (Phi) is 4.24. The van der Waals surface area contributed by atoms with Gasteiger partial charge in [-0.25, -0.2) is 0 Å². The minimum absolute atomic E-state index is 0.147. The van der Waals surface area contributed by atoms with Crippen molar-refractivity contribution in [3.8, 4) is 0 Å². The van der Waals surface area contributed by atoms with Gasteiger partial charge in [-0.1, -0.05) is 42.5 Å². The number of rotatable bonds is 4. The Morgan fingerprint density at radius 1 is 1.04 bits per heavy atom. The third kappa shape index (κ3) is 3.31. The molecule has 116 valence electrons. The Hall–Kier alpha value is -2.88. The fourth-order valence-electron chi connectivity index (χ4n) is 2.67. The molecule has 0 saturated carbocycles. The van der Waals surface area contributed by atoms with Crippen molar-refractivity contribution < 1.29 is 4.79 Å². The maximum atomic E-state index is 12.1. The number of pyridine rings is 1. The maximum absolute atomic E-state index is 12.1. The molecule has 0 bridgehead atoms. The third-order valence-electron chi connectivity index (χ3n) is 3.86. The van der Waals surface area contributed by atoms with Crippen LogP contribution in [0.15, 0.2) is 59.4 Å². The zero-order valence-corrected chi connectivity index (χ0v) is 12.9. The molecule has 0 spiro atoms. The Labute approximate surface area is 134 Å². The van der Waals surface area contributed by atoms with Crippen LogP contribution >= 0.6 is 0 Å². The molecule has 0 aliphatic heterocycles. The minimum atomic E-state index is -0.354. The molecule has 0 radical (unpaired) electrons. The molecule has 0 atom stereocenters. The van der Waals surface area contributed by atoms with Gasteiger partial charge in [-0.05, 0) is 41.8 Å². The average Bonchev–Trinajstić information content (AvgIpc) is 2.55. The summed E-state index contributed by atoms with van der Waals surface area (Å²) in [5, 5.41) is 5.19.